The van der Waals surface area contributed by atoms with E-state index in [1.807, 2.05) is 26.0 Å². The molecule has 104 valence electrons. The van der Waals surface area contributed by atoms with Crippen molar-refractivity contribution in [3.8, 4) is 5.69 Å². The molecular formula is C15H15ClN2O2. The minimum absolute atomic E-state index is 0.161. The van der Waals surface area contributed by atoms with Gasteiger partial charge < -0.3 is 0 Å². The Morgan fingerprint density at radius 3 is 2.30 bits per heavy atom. The third-order valence-corrected chi connectivity index (χ3v) is 3.07. The zero-order chi connectivity index (χ0) is 14.9. The molecule has 0 saturated heterocycles. The third-order valence-electron chi connectivity index (χ3n) is 2.94. The summed E-state index contributed by atoms with van der Waals surface area (Å²) in [7, 11) is 0. The van der Waals surface area contributed by atoms with Gasteiger partial charge in [-0.3, -0.25) is 9.59 Å². The Kier molecular flexibility index (Phi) is 4.04. The normalized spacial score (nSPS) is 10.6. The van der Waals surface area contributed by atoms with Crippen molar-refractivity contribution in [3.63, 3.8) is 0 Å². The van der Waals surface area contributed by atoms with Gasteiger partial charge in [-0.25, -0.2) is 4.68 Å². The molecule has 5 heteroatoms. The van der Waals surface area contributed by atoms with E-state index in [-0.39, 0.29) is 17.5 Å². The van der Waals surface area contributed by atoms with Gasteiger partial charge in [-0.1, -0.05) is 6.07 Å². The Morgan fingerprint density at radius 2 is 1.75 bits per heavy atom. The van der Waals surface area contributed by atoms with Gasteiger partial charge in [-0.15, -0.1) is 0 Å². The fraction of sp³-hybridized carbons (Fsp3) is 0.267. The summed E-state index contributed by atoms with van der Waals surface area (Å²) in [6.45, 7) is 5.80. The Morgan fingerprint density at radius 1 is 1.15 bits per heavy atom. The third kappa shape index (κ3) is 3.14. The Bertz CT molecular complexity index is 715. The Labute approximate surface area is 122 Å². The van der Waals surface area contributed by atoms with E-state index in [1.54, 1.807) is 11.6 Å². The molecule has 0 aliphatic rings. The Balaban J connectivity index is 2.61. The molecule has 0 aliphatic carbocycles. The smallest absolute Gasteiger partial charge is 0.227 e. The van der Waals surface area contributed by atoms with Gasteiger partial charge in [0.15, 0.2) is 0 Å². The highest BCUT2D eigenvalue weighted by Crippen LogP contribution is 2.14. The summed E-state index contributed by atoms with van der Waals surface area (Å²) in [5.74, 6) is 0. The van der Waals surface area contributed by atoms with E-state index in [0.29, 0.717) is 5.69 Å². The van der Waals surface area contributed by atoms with Crippen LogP contribution < -0.4 is 5.43 Å². The van der Waals surface area contributed by atoms with Gasteiger partial charge in [0, 0.05) is 11.8 Å². The van der Waals surface area contributed by atoms with Crippen LogP contribution in [-0.2, 0) is 11.2 Å². The van der Waals surface area contributed by atoms with Crippen LogP contribution >= 0.6 is 11.6 Å². The van der Waals surface area contributed by atoms with Crippen LogP contribution in [0, 0.1) is 20.8 Å². The highest BCUT2D eigenvalue weighted by Gasteiger charge is 2.10. The quantitative estimate of drug-likeness (QED) is 0.816. The lowest BCUT2D eigenvalue weighted by molar-refractivity contribution is -0.111. The molecule has 2 rings (SSSR count). The van der Waals surface area contributed by atoms with Gasteiger partial charge in [0.2, 0.25) is 10.7 Å². The minimum Gasteiger partial charge on any atom is -0.288 e. The van der Waals surface area contributed by atoms with Crippen LogP contribution in [0.3, 0.4) is 0 Å². The van der Waals surface area contributed by atoms with E-state index in [4.69, 9.17) is 11.6 Å². The summed E-state index contributed by atoms with van der Waals surface area (Å²) in [4.78, 5) is 22.8. The molecular weight excluding hydrogens is 276 g/mol. The zero-order valence-electron chi connectivity index (χ0n) is 11.6. The molecule has 0 saturated carbocycles. The van der Waals surface area contributed by atoms with E-state index in [9.17, 15) is 9.59 Å². The molecule has 0 unspecified atom stereocenters. The molecule has 1 heterocycles. The molecule has 1 aromatic heterocycles. The van der Waals surface area contributed by atoms with Crippen molar-refractivity contribution in [2.24, 2.45) is 0 Å². The van der Waals surface area contributed by atoms with E-state index in [0.717, 1.165) is 16.8 Å². The van der Waals surface area contributed by atoms with Crippen LogP contribution in [0.25, 0.3) is 5.69 Å². The zero-order valence-corrected chi connectivity index (χ0v) is 12.4. The maximum atomic E-state index is 11.8. The van der Waals surface area contributed by atoms with Gasteiger partial charge in [0.25, 0.3) is 0 Å². The second-order valence-corrected chi connectivity index (χ2v) is 5.31. The topological polar surface area (TPSA) is 52.0 Å². The average Bonchev–Trinajstić information content (AvgIpc) is 2.30. The maximum Gasteiger partial charge on any atom is 0.227 e. The maximum absolute atomic E-state index is 11.8. The second kappa shape index (κ2) is 5.59. The number of aryl methyl sites for hydroxylation is 3. The number of nitrogens with zero attached hydrogens (tertiary/aromatic N) is 2. The molecule has 0 spiro atoms. The average molecular weight is 291 g/mol. The highest BCUT2D eigenvalue weighted by atomic mass is 35.5. The molecule has 0 aliphatic heterocycles. The molecule has 0 fully saturated rings. The van der Waals surface area contributed by atoms with Crippen LogP contribution in [0.2, 0.25) is 0 Å². The van der Waals surface area contributed by atoms with Gasteiger partial charge in [-0.05, 0) is 55.6 Å². The van der Waals surface area contributed by atoms with E-state index in [2.05, 4.69) is 11.2 Å². The fourth-order valence-electron chi connectivity index (χ4n) is 2.17. The molecule has 0 amide bonds. The number of rotatable bonds is 3. The molecule has 1 aromatic carbocycles. The lowest BCUT2D eigenvalue weighted by atomic mass is 10.1. The number of hydrogen-bond donors (Lipinski definition) is 0. The predicted octanol–water partition coefficient (Wildman–Crippen LogP) is 2.47. The summed E-state index contributed by atoms with van der Waals surface area (Å²) in [6, 6.07) is 7.48. The molecule has 0 radical (unpaired) electrons. The van der Waals surface area contributed by atoms with Crippen molar-refractivity contribution < 1.29 is 4.79 Å². The molecule has 0 bridgehead atoms. The largest absolute Gasteiger partial charge is 0.288 e. The van der Waals surface area contributed by atoms with Crippen LogP contribution in [0.4, 0.5) is 0 Å². The van der Waals surface area contributed by atoms with Gasteiger partial charge in [-0.2, -0.15) is 5.10 Å². The molecule has 0 atom stereocenters. The Hall–Kier alpha value is -1.94. The van der Waals surface area contributed by atoms with Crippen LogP contribution in [0.5, 0.6) is 0 Å². The van der Waals surface area contributed by atoms with Gasteiger partial charge in [0.1, 0.15) is 5.69 Å². The first-order valence-corrected chi connectivity index (χ1v) is 6.61. The fourth-order valence-corrected chi connectivity index (χ4v) is 2.30. The predicted molar refractivity (Wildman–Crippen MR) is 78.6 cm³/mol. The van der Waals surface area contributed by atoms with Crippen molar-refractivity contribution in [2.75, 3.05) is 0 Å². The number of carbonyl (C=O) groups is 1. The van der Waals surface area contributed by atoms with E-state index < -0.39 is 5.24 Å². The number of carbonyl (C=O) groups excluding carboxylic acids is 1. The SMILES string of the molecule is Cc1cc(C)cc(-n2nc(CC(=O)Cl)c(=O)cc2C)c1. The van der Waals surface area contributed by atoms with Gasteiger partial charge in [0.05, 0.1) is 12.1 Å². The lowest BCUT2D eigenvalue weighted by Crippen LogP contribution is -2.20. The van der Waals surface area contributed by atoms with Crippen molar-refractivity contribution in [2.45, 2.75) is 27.2 Å². The summed E-state index contributed by atoms with van der Waals surface area (Å²) in [5.41, 5.74) is 3.69. The van der Waals surface area contributed by atoms with Crippen LogP contribution in [0.15, 0.2) is 29.1 Å². The monoisotopic (exact) mass is 290 g/mol. The van der Waals surface area contributed by atoms with Crippen molar-refractivity contribution in [1.82, 2.24) is 9.78 Å². The lowest BCUT2D eigenvalue weighted by Gasteiger charge is -2.12. The first-order valence-electron chi connectivity index (χ1n) is 6.23. The number of benzene rings is 1. The number of hydrogen-bond acceptors (Lipinski definition) is 3. The van der Waals surface area contributed by atoms with E-state index >= 15 is 0 Å². The summed E-state index contributed by atoms with van der Waals surface area (Å²) in [5, 5.41) is 3.67. The molecule has 2 aromatic rings. The molecule has 4 nitrogen and oxygen atoms in total. The van der Waals surface area contributed by atoms with Crippen LogP contribution in [0.1, 0.15) is 22.5 Å². The van der Waals surface area contributed by atoms with Crippen molar-refractivity contribution in [1.29, 1.82) is 0 Å². The summed E-state index contributed by atoms with van der Waals surface area (Å²) < 4.78 is 1.66. The highest BCUT2D eigenvalue weighted by molar-refractivity contribution is 6.63. The number of halogens is 1. The van der Waals surface area contributed by atoms with Gasteiger partial charge >= 0.3 is 0 Å². The number of aromatic nitrogens is 2. The van der Waals surface area contributed by atoms with Crippen molar-refractivity contribution >= 4 is 16.8 Å². The summed E-state index contributed by atoms with van der Waals surface area (Å²) >= 11 is 5.35. The summed E-state index contributed by atoms with van der Waals surface area (Å²) in [6.07, 6.45) is -0.161. The second-order valence-electron chi connectivity index (χ2n) is 4.89. The van der Waals surface area contributed by atoms with Crippen LogP contribution in [-0.4, -0.2) is 15.0 Å². The standard InChI is InChI=1S/C15H15ClN2O2/c1-9-4-10(2)6-12(5-9)18-11(3)7-14(19)13(17-18)8-15(16)20/h4-7H,8H2,1-3H3. The van der Waals surface area contributed by atoms with E-state index in [1.165, 1.54) is 6.07 Å². The minimum atomic E-state index is -0.592. The van der Waals surface area contributed by atoms with Crippen molar-refractivity contribution in [3.05, 3.63) is 57.0 Å². The molecule has 20 heavy (non-hydrogen) atoms. The first-order chi connectivity index (χ1) is 9.36. The molecule has 0 N–H and O–H groups in total. The first kappa shape index (κ1) is 14.5.